The van der Waals surface area contributed by atoms with Gasteiger partial charge in [0.1, 0.15) is 0 Å². The summed E-state index contributed by atoms with van der Waals surface area (Å²) >= 11 is 0. The van der Waals surface area contributed by atoms with E-state index in [0.717, 1.165) is 11.4 Å². The van der Waals surface area contributed by atoms with Crippen LogP contribution in [0.1, 0.15) is 17.8 Å². The average Bonchev–Trinajstić information content (AvgIpc) is 3.20. The highest BCUT2D eigenvalue weighted by Crippen LogP contribution is 2.39. The standard InChI is InChI=1S/C15H16N4O3/c1-8-5-9(2)19(18-8)13-4-3-10(7-16-13)17-14(20)11-6-12(11)15(21)22/h3-5,7,11-12H,6H2,1-2H3,(H,17,20)(H,21,22)/t11-,12+/m1/s1. The van der Waals surface area contributed by atoms with Gasteiger partial charge in [0.05, 0.1) is 29.4 Å². The Kier molecular flexibility index (Phi) is 3.40. The van der Waals surface area contributed by atoms with Crippen molar-refractivity contribution in [2.24, 2.45) is 11.8 Å². The molecule has 0 unspecified atom stereocenters. The molecule has 1 saturated carbocycles. The maximum atomic E-state index is 11.9. The van der Waals surface area contributed by atoms with Gasteiger partial charge in [-0.15, -0.1) is 0 Å². The Bertz CT molecular complexity index is 736. The summed E-state index contributed by atoms with van der Waals surface area (Å²) in [5.41, 5.74) is 2.43. The molecule has 7 heteroatoms. The smallest absolute Gasteiger partial charge is 0.307 e. The third-order valence-corrected chi connectivity index (χ3v) is 3.69. The number of hydrogen-bond acceptors (Lipinski definition) is 4. The molecule has 114 valence electrons. The zero-order chi connectivity index (χ0) is 15.9. The SMILES string of the molecule is Cc1cc(C)n(-c2ccc(NC(=O)[C@@H]3C[C@@H]3C(=O)O)cn2)n1. The molecule has 3 rings (SSSR count). The molecule has 2 N–H and O–H groups in total. The van der Waals surface area contributed by atoms with Gasteiger partial charge < -0.3 is 10.4 Å². The Hall–Kier alpha value is -2.70. The van der Waals surface area contributed by atoms with Crippen molar-refractivity contribution in [2.75, 3.05) is 5.32 Å². The number of amides is 1. The van der Waals surface area contributed by atoms with Gasteiger partial charge in [-0.2, -0.15) is 5.10 Å². The molecule has 0 aromatic carbocycles. The maximum Gasteiger partial charge on any atom is 0.307 e. The molecule has 0 aliphatic heterocycles. The molecule has 0 spiro atoms. The van der Waals surface area contributed by atoms with E-state index in [1.165, 1.54) is 0 Å². The van der Waals surface area contributed by atoms with E-state index in [0.29, 0.717) is 17.9 Å². The van der Waals surface area contributed by atoms with Gasteiger partial charge in [-0.1, -0.05) is 0 Å². The first-order chi connectivity index (χ1) is 10.5. The normalized spacial score (nSPS) is 19.7. The molecule has 1 aliphatic carbocycles. The molecule has 7 nitrogen and oxygen atoms in total. The molecule has 0 radical (unpaired) electrons. The van der Waals surface area contributed by atoms with Gasteiger partial charge in [0.25, 0.3) is 0 Å². The van der Waals surface area contributed by atoms with Crippen LogP contribution < -0.4 is 5.32 Å². The lowest BCUT2D eigenvalue weighted by molar-refractivity contribution is -0.139. The van der Waals surface area contributed by atoms with Crippen molar-refractivity contribution >= 4 is 17.6 Å². The number of nitrogens with one attached hydrogen (secondary N) is 1. The van der Waals surface area contributed by atoms with E-state index in [-0.39, 0.29) is 5.91 Å². The number of aliphatic carboxylic acids is 1. The summed E-state index contributed by atoms with van der Waals surface area (Å²) in [7, 11) is 0. The first-order valence-electron chi connectivity index (χ1n) is 6.99. The van der Waals surface area contributed by atoms with E-state index in [2.05, 4.69) is 15.4 Å². The van der Waals surface area contributed by atoms with E-state index < -0.39 is 17.8 Å². The topological polar surface area (TPSA) is 97.1 Å². The van der Waals surface area contributed by atoms with Crippen molar-refractivity contribution in [1.29, 1.82) is 0 Å². The van der Waals surface area contributed by atoms with Crippen molar-refractivity contribution in [3.05, 3.63) is 35.8 Å². The predicted molar refractivity (Wildman–Crippen MR) is 78.7 cm³/mol. The molecule has 1 fully saturated rings. The molecule has 22 heavy (non-hydrogen) atoms. The third kappa shape index (κ3) is 2.69. The fourth-order valence-corrected chi connectivity index (χ4v) is 2.44. The van der Waals surface area contributed by atoms with Crippen molar-refractivity contribution in [3.63, 3.8) is 0 Å². The summed E-state index contributed by atoms with van der Waals surface area (Å²) in [6.45, 7) is 3.85. The number of carbonyl (C=O) groups is 2. The van der Waals surface area contributed by atoms with E-state index in [1.54, 1.807) is 23.0 Å². The number of carboxylic acids is 1. The maximum absolute atomic E-state index is 11.9. The molecule has 0 bridgehead atoms. The molecule has 2 atom stereocenters. The third-order valence-electron chi connectivity index (χ3n) is 3.69. The Morgan fingerprint density at radius 1 is 1.32 bits per heavy atom. The van der Waals surface area contributed by atoms with Crippen molar-refractivity contribution in [3.8, 4) is 5.82 Å². The number of aryl methyl sites for hydroxylation is 2. The second kappa shape index (κ2) is 5.25. The van der Waals surface area contributed by atoms with Crippen LogP contribution in [-0.4, -0.2) is 31.7 Å². The average molecular weight is 300 g/mol. The van der Waals surface area contributed by atoms with Crippen molar-refractivity contribution in [2.45, 2.75) is 20.3 Å². The van der Waals surface area contributed by atoms with Gasteiger partial charge in [0, 0.05) is 5.69 Å². The van der Waals surface area contributed by atoms with Crippen LogP contribution in [0, 0.1) is 25.7 Å². The Morgan fingerprint density at radius 2 is 2.09 bits per heavy atom. The Balaban J connectivity index is 1.69. The highest BCUT2D eigenvalue weighted by atomic mass is 16.4. The Morgan fingerprint density at radius 3 is 2.59 bits per heavy atom. The van der Waals surface area contributed by atoms with E-state index in [1.807, 2.05) is 19.9 Å². The van der Waals surface area contributed by atoms with Crippen molar-refractivity contribution < 1.29 is 14.7 Å². The monoisotopic (exact) mass is 300 g/mol. The second-order valence-electron chi connectivity index (χ2n) is 5.52. The van der Waals surface area contributed by atoms with Crippen LogP contribution in [-0.2, 0) is 9.59 Å². The zero-order valence-corrected chi connectivity index (χ0v) is 12.3. The summed E-state index contributed by atoms with van der Waals surface area (Å²) in [6, 6.07) is 5.45. The fraction of sp³-hybridized carbons (Fsp3) is 0.333. The molecular formula is C15H16N4O3. The van der Waals surface area contributed by atoms with Crippen LogP contribution in [0.5, 0.6) is 0 Å². The minimum Gasteiger partial charge on any atom is -0.481 e. The number of anilines is 1. The minimum absolute atomic E-state index is 0.270. The molecule has 1 amide bonds. The second-order valence-corrected chi connectivity index (χ2v) is 5.52. The number of nitrogens with zero attached hydrogens (tertiary/aromatic N) is 3. The van der Waals surface area contributed by atoms with Crippen LogP contribution in [0.3, 0.4) is 0 Å². The highest BCUT2D eigenvalue weighted by Gasteiger charge is 2.48. The van der Waals surface area contributed by atoms with Crippen LogP contribution >= 0.6 is 0 Å². The van der Waals surface area contributed by atoms with Gasteiger partial charge >= 0.3 is 5.97 Å². The highest BCUT2D eigenvalue weighted by molar-refractivity contribution is 5.98. The first-order valence-corrected chi connectivity index (χ1v) is 6.99. The summed E-state index contributed by atoms with van der Waals surface area (Å²) in [5, 5.41) is 15.9. The van der Waals surface area contributed by atoms with Crippen LogP contribution in [0.15, 0.2) is 24.4 Å². The summed E-state index contributed by atoms with van der Waals surface area (Å²) in [6.07, 6.45) is 1.94. The predicted octanol–water partition coefficient (Wildman–Crippen LogP) is 1.54. The van der Waals surface area contributed by atoms with Gasteiger partial charge in [-0.3, -0.25) is 9.59 Å². The number of hydrogen-bond donors (Lipinski definition) is 2. The molecule has 2 heterocycles. The lowest BCUT2D eigenvalue weighted by atomic mass is 10.3. The van der Waals surface area contributed by atoms with E-state index in [9.17, 15) is 9.59 Å². The molecule has 1 aliphatic rings. The molecular weight excluding hydrogens is 284 g/mol. The van der Waals surface area contributed by atoms with Crippen LogP contribution in [0.4, 0.5) is 5.69 Å². The number of rotatable bonds is 4. The van der Waals surface area contributed by atoms with Gasteiger partial charge in [-0.25, -0.2) is 9.67 Å². The summed E-state index contributed by atoms with van der Waals surface area (Å²) < 4.78 is 1.72. The molecule has 2 aromatic heterocycles. The quantitative estimate of drug-likeness (QED) is 0.892. The number of pyridine rings is 1. The fourth-order valence-electron chi connectivity index (χ4n) is 2.44. The van der Waals surface area contributed by atoms with Crippen LogP contribution in [0.2, 0.25) is 0 Å². The number of carboxylic acid groups (broad SMARTS) is 1. The molecule has 2 aromatic rings. The van der Waals surface area contributed by atoms with Crippen molar-refractivity contribution in [1.82, 2.24) is 14.8 Å². The lowest BCUT2D eigenvalue weighted by Gasteiger charge is -2.06. The lowest BCUT2D eigenvalue weighted by Crippen LogP contribution is -2.17. The summed E-state index contributed by atoms with van der Waals surface area (Å²) in [4.78, 5) is 26.9. The zero-order valence-electron chi connectivity index (χ0n) is 12.3. The first kappa shape index (κ1) is 14.2. The van der Waals surface area contributed by atoms with E-state index >= 15 is 0 Å². The van der Waals surface area contributed by atoms with Gasteiger partial charge in [0.15, 0.2) is 5.82 Å². The number of carbonyl (C=O) groups excluding carboxylic acids is 1. The minimum atomic E-state index is -0.918. The van der Waals surface area contributed by atoms with E-state index in [4.69, 9.17) is 5.11 Å². The van der Waals surface area contributed by atoms with Gasteiger partial charge in [-0.05, 0) is 38.5 Å². The molecule has 0 saturated heterocycles. The largest absolute Gasteiger partial charge is 0.481 e. The van der Waals surface area contributed by atoms with Gasteiger partial charge in [0.2, 0.25) is 5.91 Å². The van der Waals surface area contributed by atoms with Crippen LogP contribution in [0.25, 0.3) is 5.82 Å². The summed E-state index contributed by atoms with van der Waals surface area (Å²) in [5.74, 6) is -1.51. The Labute approximate surface area is 127 Å². The number of aromatic nitrogens is 3.